The Morgan fingerprint density at radius 2 is 1.75 bits per heavy atom. The van der Waals surface area contributed by atoms with Crippen LogP contribution < -0.4 is 0 Å². The normalized spacial score (nSPS) is 35.0. The molecule has 1 aliphatic rings. The quantitative estimate of drug-likeness (QED) is 0.661. The van der Waals surface area contributed by atoms with Gasteiger partial charge in [-0.2, -0.15) is 0 Å². The van der Waals surface area contributed by atoms with E-state index in [0.717, 1.165) is 12.8 Å². The maximum atomic E-state index is 9.27. The average molecular weight is 172 g/mol. The minimum absolute atomic E-state index is 0.134. The monoisotopic (exact) mass is 172 g/mol. The van der Waals surface area contributed by atoms with Crippen LogP contribution in [-0.2, 0) is 0 Å². The van der Waals surface area contributed by atoms with E-state index in [1.165, 1.54) is 6.42 Å². The van der Waals surface area contributed by atoms with Gasteiger partial charge < -0.3 is 10.2 Å². The number of aliphatic hydroxyl groups is 2. The molecule has 0 heterocycles. The van der Waals surface area contributed by atoms with Crippen molar-refractivity contribution in [3.8, 4) is 0 Å². The molecule has 72 valence electrons. The third-order valence-electron chi connectivity index (χ3n) is 3.52. The van der Waals surface area contributed by atoms with Gasteiger partial charge in [-0.15, -0.1) is 0 Å². The second kappa shape index (κ2) is 3.75. The molecule has 2 N–H and O–H groups in total. The molecule has 0 aromatic rings. The summed E-state index contributed by atoms with van der Waals surface area (Å²) in [6.45, 7) is 4.61. The van der Waals surface area contributed by atoms with E-state index < -0.39 is 0 Å². The SMILES string of the molecule is CC1CCC(C)C(CO)(CO)C1. The Labute approximate surface area is 74.6 Å². The lowest BCUT2D eigenvalue weighted by molar-refractivity contribution is -0.0330. The lowest BCUT2D eigenvalue weighted by Gasteiger charge is -2.42. The van der Waals surface area contributed by atoms with Gasteiger partial charge in [-0.1, -0.05) is 20.3 Å². The first-order valence-corrected chi connectivity index (χ1v) is 4.86. The predicted molar refractivity (Wildman–Crippen MR) is 48.8 cm³/mol. The molecule has 0 aromatic carbocycles. The summed E-state index contributed by atoms with van der Waals surface area (Å²) in [5, 5.41) is 18.5. The Hall–Kier alpha value is -0.0800. The van der Waals surface area contributed by atoms with Crippen molar-refractivity contribution in [3.05, 3.63) is 0 Å². The highest BCUT2D eigenvalue weighted by molar-refractivity contribution is 4.88. The lowest BCUT2D eigenvalue weighted by Crippen LogP contribution is -2.41. The summed E-state index contributed by atoms with van der Waals surface area (Å²) in [5.74, 6) is 1.11. The van der Waals surface area contributed by atoms with Crippen LogP contribution in [-0.4, -0.2) is 23.4 Å². The summed E-state index contributed by atoms with van der Waals surface area (Å²) in [6.07, 6.45) is 3.35. The number of aliphatic hydroxyl groups excluding tert-OH is 2. The fourth-order valence-corrected chi connectivity index (χ4v) is 2.33. The van der Waals surface area contributed by atoms with Gasteiger partial charge in [-0.3, -0.25) is 0 Å². The molecule has 1 saturated carbocycles. The number of hydrogen-bond acceptors (Lipinski definition) is 2. The Bertz CT molecular complexity index is 141. The van der Waals surface area contributed by atoms with Crippen molar-refractivity contribution in [2.75, 3.05) is 13.2 Å². The van der Waals surface area contributed by atoms with Crippen LogP contribution in [0.4, 0.5) is 0 Å². The molecule has 2 unspecified atom stereocenters. The summed E-state index contributed by atoms with van der Waals surface area (Å²) < 4.78 is 0. The van der Waals surface area contributed by atoms with Gasteiger partial charge in [0, 0.05) is 5.41 Å². The van der Waals surface area contributed by atoms with Crippen LogP contribution >= 0.6 is 0 Å². The van der Waals surface area contributed by atoms with Gasteiger partial charge in [-0.05, 0) is 24.7 Å². The van der Waals surface area contributed by atoms with Crippen LogP contribution in [0.5, 0.6) is 0 Å². The molecular formula is C10H20O2. The summed E-state index contributed by atoms with van der Waals surface area (Å²) in [6, 6.07) is 0. The molecule has 1 rings (SSSR count). The first-order chi connectivity index (χ1) is 5.64. The molecule has 12 heavy (non-hydrogen) atoms. The second-order valence-corrected chi connectivity index (χ2v) is 4.47. The van der Waals surface area contributed by atoms with Crippen LogP contribution in [0.25, 0.3) is 0 Å². The van der Waals surface area contributed by atoms with Crippen molar-refractivity contribution in [2.24, 2.45) is 17.3 Å². The summed E-state index contributed by atoms with van der Waals surface area (Å²) in [5.41, 5.74) is -0.197. The van der Waals surface area contributed by atoms with Crippen molar-refractivity contribution >= 4 is 0 Å². The van der Waals surface area contributed by atoms with Crippen molar-refractivity contribution < 1.29 is 10.2 Å². The van der Waals surface area contributed by atoms with Crippen molar-refractivity contribution in [1.29, 1.82) is 0 Å². The number of hydrogen-bond donors (Lipinski definition) is 2. The van der Waals surface area contributed by atoms with Gasteiger partial charge in [0.1, 0.15) is 0 Å². The zero-order valence-corrected chi connectivity index (χ0v) is 8.08. The molecule has 2 heteroatoms. The highest BCUT2D eigenvalue weighted by Crippen LogP contribution is 2.42. The van der Waals surface area contributed by atoms with Gasteiger partial charge in [0.05, 0.1) is 13.2 Å². The van der Waals surface area contributed by atoms with E-state index in [4.69, 9.17) is 0 Å². The summed E-state index contributed by atoms with van der Waals surface area (Å²) >= 11 is 0. The van der Waals surface area contributed by atoms with Gasteiger partial charge in [0.15, 0.2) is 0 Å². The topological polar surface area (TPSA) is 40.5 Å². The van der Waals surface area contributed by atoms with E-state index in [1.807, 2.05) is 0 Å². The first-order valence-electron chi connectivity index (χ1n) is 4.86. The molecule has 2 nitrogen and oxygen atoms in total. The number of rotatable bonds is 2. The smallest absolute Gasteiger partial charge is 0.0512 e. The largest absolute Gasteiger partial charge is 0.396 e. The van der Waals surface area contributed by atoms with E-state index in [-0.39, 0.29) is 18.6 Å². The van der Waals surface area contributed by atoms with Crippen molar-refractivity contribution in [2.45, 2.75) is 33.1 Å². The minimum atomic E-state index is -0.197. The molecule has 2 atom stereocenters. The third kappa shape index (κ3) is 1.64. The molecule has 0 saturated heterocycles. The Balaban J connectivity index is 2.68. The van der Waals surface area contributed by atoms with E-state index in [1.54, 1.807) is 0 Å². The Morgan fingerprint density at radius 1 is 1.17 bits per heavy atom. The van der Waals surface area contributed by atoms with Crippen LogP contribution in [0.1, 0.15) is 33.1 Å². The maximum absolute atomic E-state index is 9.27. The Kier molecular flexibility index (Phi) is 3.13. The predicted octanol–water partition coefficient (Wildman–Crippen LogP) is 1.41. The highest BCUT2D eigenvalue weighted by Gasteiger charge is 2.39. The molecule has 1 fully saturated rings. The van der Waals surface area contributed by atoms with Crippen molar-refractivity contribution in [1.82, 2.24) is 0 Å². The lowest BCUT2D eigenvalue weighted by atomic mass is 9.65. The van der Waals surface area contributed by atoms with Crippen LogP contribution in [0.3, 0.4) is 0 Å². The molecule has 0 bridgehead atoms. The average Bonchev–Trinajstić information content (AvgIpc) is 2.09. The van der Waals surface area contributed by atoms with E-state index in [2.05, 4.69) is 13.8 Å². The zero-order chi connectivity index (χ0) is 9.19. The highest BCUT2D eigenvalue weighted by atomic mass is 16.3. The van der Waals surface area contributed by atoms with Gasteiger partial charge in [0.2, 0.25) is 0 Å². The zero-order valence-electron chi connectivity index (χ0n) is 8.08. The Morgan fingerprint density at radius 3 is 2.17 bits per heavy atom. The summed E-state index contributed by atoms with van der Waals surface area (Å²) in [4.78, 5) is 0. The second-order valence-electron chi connectivity index (χ2n) is 4.47. The fourth-order valence-electron chi connectivity index (χ4n) is 2.33. The van der Waals surface area contributed by atoms with Crippen LogP contribution in [0, 0.1) is 17.3 Å². The molecule has 1 aliphatic carbocycles. The van der Waals surface area contributed by atoms with Gasteiger partial charge in [-0.25, -0.2) is 0 Å². The standard InChI is InChI=1S/C10H20O2/c1-8-3-4-9(2)10(5-8,6-11)7-12/h8-9,11-12H,3-7H2,1-2H3. The van der Waals surface area contributed by atoms with Crippen LogP contribution in [0.15, 0.2) is 0 Å². The third-order valence-corrected chi connectivity index (χ3v) is 3.52. The molecule has 0 spiro atoms. The first kappa shape index (κ1) is 10.0. The van der Waals surface area contributed by atoms with E-state index in [0.29, 0.717) is 11.8 Å². The molecule has 0 aliphatic heterocycles. The minimum Gasteiger partial charge on any atom is -0.396 e. The van der Waals surface area contributed by atoms with Crippen LogP contribution in [0.2, 0.25) is 0 Å². The van der Waals surface area contributed by atoms with Gasteiger partial charge >= 0.3 is 0 Å². The molecule has 0 aromatic heterocycles. The fraction of sp³-hybridized carbons (Fsp3) is 1.00. The van der Waals surface area contributed by atoms with E-state index in [9.17, 15) is 10.2 Å². The maximum Gasteiger partial charge on any atom is 0.0512 e. The van der Waals surface area contributed by atoms with Gasteiger partial charge in [0.25, 0.3) is 0 Å². The molecular weight excluding hydrogens is 152 g/mol. The molecule has 0 radical (unpaired) electrons. The van der Waals surface area contributed by atoms with E-state index >= 15 is 0 Å². The van der Waals surface area contributed by atoms with Crippen molar-refractivity contribution in [3.63, 3.8) is 0 Å². The molecule has 0 amide bonds. The summed E-state index contributed by atoms with van der Waals surface area (Å²) in [7, 11) is 0.